The fourth-order valence-corrected chi connectivity index (χ4v) is 2.67. The van der Waals surface area contributed by atoms with Crippen molar-refractivity contribution in [3.63, 3.8) is 0 Å². The number of aromatic amines is 1. The standard InChI is InChI=1S/C16H11ClFN5O2/c17-11-3-8-4-15(16-20-22-23-21-16)25-14(8)5-9(11)7-19-10-1-2-13(24)12(18)6-10/h1-6,19,24H,7H2,(H,20,21,22,23). The summed E-state index contributed by atoms with van der Waals surface area (Å²) in [5, 5.41) is 27.1. The molecule has 0 spiro atoms. The molecule has 126 valence electrons. The van der Waals surface area contributed by atoms with Gasteiger partial charge in [-0.05, 0) is 46.3 Å². The zero-order valence-corrected chi connectivity index (χ0v) is 13.4. The van der Waals surface area contributed by atoms with Crippen LogP contribution in [0, 0.1) is 5.82 Å². The van der Waals surface area contributed by atoms with E-state index in [1.807, 2.05) is 0 Å². The van der Waals surface area contributed by atoms with E-state index in [0.29, 0.717) is 34.4 Å². The first-order valence-electron chi connectivity index (χ1n) is 7.28. The Kier molecular flexibility index (Phi) is 3.73. The van der Waals surface area contributed by atoms with Crippen LogP contribution >= 0.6 is 11.6 Å². The van der Waals surface area contributed by atoms with Gasteiger partial charge in [-0.2, -0.15) is 0 Å². The summed E-state index contributed by atoms with van der Waals surface area (Å²) < 4.78 is 19.1. The molecule has 0 aliphatic carbocycles. The summed E-state index contributed by atoms with van der Waals surface area (Å²) in [5.74, 6) is -0.161. The lowest BCUT2D eigenvalue weighted by Gasteiger charge is -2.09. The van der Waals surface area contributed by atoms with Crippen LogP contribution in [-0.4, -0.2) is 25.7 Å². The molecule has 0 unspecified atom stereocenters. The molecule has 0 saturated carbocycles. The molecule has 0 atom stereocenters. The molecule has 0 bridgehead atoms. The number of furan rings is 1. The second-order valence-electron chi connectivity index (χ2n) is 5.36. The number of phenolic OH excluding ortho intramolecular Hbond substituents is 1. The van der Waals surface area contributed by atoms with Gasteiger partial charge in [-0.15, -0.1) is 5.10 Å². The average molecular weight is 360 g/mol. The van der Waals surface area contributed by atoms with E-state index in [-0.39, 0.29) is 0 Å². The number of nitrogens with one attached hydrogen (secondary N) is 2. The monoisotopic (exact) mass is 359 g/mol. The van der Waals surface area contributed by atoms with E-state index in [9.17, 15) is 9.50 Å². The molecular formula is C16H11ClFN5O2. The Bertz CT molecular complexity index is 1050. The SMILES string of the molecule is Oc1ccc(NCc2cc3oc(-c4nnn[nH]4)cc3cc2Cl)cc1F. The van der Waals surface area contributed by atoms with E-state index in [4.69, 9.17) is 16.0 Å². The van der Waals surface area contributed by atoms with Crippen LogP contribution in [0.15, 0.2) is 40.8 Å². The van der Waals surface area contributed by atoms with Crippen molar-refractivity contribution in [1.29, 1.82) is 0 Å². The van der Waals surface area contributed by atoms with E-state index in [1.54, 1.807) is 24.3 Å². The number of hydrogen-bond acceptors (Lipinski definition) is 6. The van der Waals surface area contributed by atoms with Crippen LogP contribution in [0.3, 0.4) is 0 Å². The van der Waals surface area contributed by atoms with E-state index in [0.717, 1.165) is 10.9 Å². The Labute approximate surface area is 145 Å². The van der Waals surface area contributed by atoms with Crippen molar-refractivity contribution in [1.82, 2.24) is 20.6 Å². The van der Waals surface area contributed by atoms with Crippen LogP contribution in [0.4, 0.5) is 10.1 Å². The quantitative estimate of drug-likeness (QED) is 0.480. The Morgan fingerprint density at radius 2 is 2.12 bits per heavy atom. The predicted molar refractivity (Wildman–Crippen MR) is 89.8 cm³/mol. The highest BCUT2D eigenvalue weighted by Gasteiger charge is 2.12. The number of hydrogen-bond donors (Lipinski definition) is 3. The number of anilines is 1. The van der Waals surface area contributed by atoms with Gasteiger partial charge in [0.1, 0.15) is 5.58 Å². The molecule has 0 aliphatic rings. The van der Waals surface area contributed by atoms with Crippen LogP contribution < -0.4 is 5.32 Å². The highest BCUT2D eigenvalue weighted by Crippen LogP contribution is 2.30. The van der Waals surface area contributed by atoms with Crippen molar-refractivity contribution in [2.45, 2.75) is 6.54 Å². The summed E-state index contributed by atoms with van der Waals surface area (Å²) in [4.78, 5) is 0. The van der Waals surface area contributed by atoms with Gasteiger partial charge >= 0.3 is 0 Å². The fourth-order valence-electron chi connectivity index (χ4n) is 2.43. The zero-order valence-electron chi connectivity index (χ0n) is 12.6. The minimum Gasteiger partial charge on any atom is -0.505 e. The first-order valence-corrected chi connectivity index (χ1v) is 7.66. The Morgan fingerprint density at radius 1 is 1.24 bits per heavy atom. The van der Waals surface area contributed by atoms with E-state index in [2.05, 4.69) is 25.9 Å². The fraction of sp³-hybridized carbons (Fsp3) is 0.0625. The lowest BCUT2D eigenvalue weighted by molar-refractivity contribution is 0.432. The second kappa shape index (κ2) is 6.06. The van der Waals surface area contributed by atoms with E-state index in [1.165, 1.54) is 12.1 Å². The lowest BCUT2D eigenvalue weighted by atomic mass is 10.1. The van der Waals surface area contributed by atoms with Crippen LogP contribution in [0.5, 0.6) is 5.75 Å². The molecule has 0 amide bonds. The smallest absolute Gasteiger partial charge is 0.215 e. The first kappa shape index (κ1) is 15.4. The maximum absolute atomic E-state index is 13.4. The van der Waals surface area contributed by atoms with Gasteiger partial charge in [0, 0.05) is 28.7 Å². The average Bonchev–Trinajstić information content (AvgIpc) is 3.24. The van der Waals surface area contributed by atoms with Crippen LogP contribution in [-0.2, 0) is 6.54 Å². The van der Waals surface area contributed by atoms with Crippen molar-refractivity contribution in [3.05, 3.63) is 52.8 Å². The van der Waals surface area contributed by atoms with Crippen molar-refractivity contribution < 1.29 is 13.9 Å². The van der Waals surface area contributed by atoms with Gasteiger partial charge < -0.3 is 14.8 Å². The van der Waals surface area contributed by atoms with E-state index < -0.39 is 11.6 Å². The molecule has 25 heavy (non-hydrogen) atoms. The van der Waals surface area contributed by atoms with Gasteiger partial charge in [0.25, 0.3) is 0 Å². The number of fused-ring (bicyclic) bond motifs is 1. The topological polar surface area (TPSA) is 99.9 Å². The van der Waals surface area contributed by atoms with Gasteiger partial charge in [-0.1, -0.05) is 11.6 Å². The molecule has 4 aromatic rings. The number of phenols is 1. The minimum atomic E-state index is -0.692. The number of halogens is 2. The summed E-state index contributed by atoms with van der Waals surface area (Å²) in [7, 11) is 0. The molecule has 0 saturated heterocycles. The highest BCUT2D eigenvalue weighted by atomic mass is 35.5. The number of nitrogens with zero attached hydrogens (tertiary/aromatic N) is 3. The van der Waals surface area contributed by atoms with Crippen molar-refractivity contribution in [3.8, 4) is 17.3 Å². The van der Waals surface area contributed by atoms with Gasteiger partial charge in [-0.3, -0.25) is 0 Å². The molecule has 0 radical (unpaired) electrons. The maximum Gasteiger partial charge on any atom is 0.215 e. The molecule has 9 heteroatoms. The molecule has 2 aromatic heterocycles. The van der Waals surface area contributed by atoms with Crippen LogP contribution in [0.25, 0.3) is 22.6 Å². The predicted octanol–water partition coefficient (Wildman–Crippen LogP) is 3.72. The molecular weight excluding hydrogens is 349 g/mol. The Balaban J connectivity index is 1.60. The maximum atomic E-state index is 13.4. The summed E-state index contributed by atoms with van der Waals surface area (Å²) in [6.45, 7) is 0.360. The van der Waals surface area contributed by atoms with Gasteiger partial charge in [0.2, 0.25) is 5.82 Å². The number of rotatable bonds is 4. The number of aromatic hydroxyl groups is 1. The van der Waals surface area contributed by atoms with Crippen LogP contribution in [0.2, 0.25) is 5.02 Å². The molecule has 2 aromatic carbocycles. The molecule has 0 aliphatic heterocycles. The minimum absolute atomic E-state index is 0.360. The summed E-state index contributed by atoms with van der Waals surface area (Å²) in [6.07, 6.45) is 0. The Hall–Kier alpha value is -3.13. The lowest BCUT2D eigenvalue weighted by Crippen LogP contribution is -2.00. The van der Waals surface area contributed by atoms with Crippen molar-refractivity contribution in [2.75, 3.05) is 5.32 Å². The number of aromatic nitrogens is 4. The number of H-pyrrole nitrogens is 1. The highest BCUT2D eigenvalue weighted by molar-refractivity contribution is 6.32. The molecule has 7 nitrogen and oxygen atoms in total. The van der Waals surface area contributed by atoms with E-state index >= 15 is 0 Å². The molecule has 3 N–H and O–H groups in total. The number of tetrazole rings is 1. The molecule has 2 heterocycles. The summed E-state index contributed by atoms with van der Waals surface area (Å²) in [5.41, 5.74) is 1.93. The summed E-state index contributed by atoms with van der Waals surface area (Å²) >= 11 is 6.32. The first-order chi connectivity index (χ1) is 12.1. The third-order valence-corrected chi connectivity index (χ3v) is 4.05. The second-order valence-corrected chi connectivity index (χ2v) is 5.77. The Morgan fingerprint density at radius 3 is 2.88 bits per heavy atom. The molecule has 0 fully saturated rings. The largest absolute Gasteiger partial charge is 0.505 e. The number of benzene rings is 2. The zero-order chi connectivity index (χ0) is 17.4. The van der Waals surface area contributed by atoms with Crippen LogP contribution in [0.1, 0.15) is 5.56 Å². The van der Waals surface area contributed by atoms with Crippen molar-refractivity contribution >= 4 is 28.3 Å². The summed E-state index contributed by atoms with van der Waals surface area (Å²) in [6, 6.07) is 9.44. The van der Waals surface area contributed by atoms with Gasteiger partial charge in [0.15, 0.2) is 17.3 Å². The van der Waals surface area contributed by atoms with Crippen molar-refractivity contribution in [2.24, 2.45) is 0 Å². The van der Waals surface area contributed by atoms with Gasteiger partial charge in [0.05, 0.1) is 0 Å². The molecule has 4 rings (SSSR count). The third-order valence-electron chi connectivity index (χ3n) is 3.69. The van der Waals surface area contributed by atoms with Gasteiger partial charge in [-0.25, -0.2) is 9.49 Å². The third kappa shape index (κ3) is 2.99. The normalized spacial score (nSPS) is 11.1.